The summed E-state index contributed by atoms with van der Waals surface area (Å²) in [6, 6.07) is 20.9. The number of nitrogens with zero attached hydrogens (tertiary/aromatic N) is 3. The van der Waals surface area contributed by atoms with Gasteiger partial charge in [0.25, 0.3) is 5.89 Å². The molecular weight excluding hydrogens is 447 g/mol. The summed E-state index contributed by atoms with van der Waals surface area (Å²) in [4.78, 5) is 19.4. The van der Waals surface area contributed by atoms with Crippen LogP contribution < -0.4 is 15.0 Å². The molecule has 0 saturated carbocycles. The number of hydrogen-bond acceptors (Lipinski definition) is 5. The highest BCUT2D eigenvalue weighted by molar-refractivity contribution is 6.01. The number of carbonyl (C=O) groups excluding carboxylic acids is 1. The number of carbonyl (C=O) groups is 1. The van der Waals surface area contributed by atoms with Gasteiger partial charge in [-0.15, -0.1) is 0 Å². The van der Waals surface area contributed by atoms with Crippen molar-refractivity contribution in [2.75, 3.05) is 12.0 Å². The number of ether oxygens (including phenoxy) is 1. The highest BCUT2D eigenvalue weighted by Gasteiger charge is 2.36. The van der Waals surface area contributed by atoms with Crippen LogP contribution in [0.1, 0.15) is 30.0 Å². The number of allylic oxidation sites excluding steroid dienone is 1. The lowest BCUT2D eigenvalue weighted by Crippen LogP contribution is -2.46. The second kappa shape index (κ2) is 9.06. The van der Waals surface area contributed by atoms with Crippen LogP contribution in [0.25, 0.3) is 17.0 Å². The molecule has 4 aromatic rings. The zero-order chi connectivity index (χ0) is 24.5. The van der Waals surface area contributed by atoms with Gasteiger partial charge in [-0.2, -0.15) is 4.98 Å². The number of nitrogens with one attached hydrogen (secondary N) is 1. The van der Waals surface area contributed by atoms with Gasteiger partial charge in [0.15, 0.2) is 11.6 Å². The molecular formula is C27H23FN4O3. The van der Waals surface area contributed by atoms with E-state index < -0.39 is 11.9 Å². The van der Waals surface area contributed by atoms with Crippen molar-refractivity contribution in [1.29, 1.82) is 0 Å². The van der Waals surface area contributed by atoms with Crippen LogP contribution in [0.4, 0.5) is 14.9 Å². The Balaban J connectivity index is 1.63. The standard InChI is InChI=1S/C27H23FN4O3/c1-16-9-12-20(13-10-16)32-17(2)23(24(29-27(32)33)18-7-5-4-6-8-18)26-30-25(31-35-26)19-11-14-22(34-3)21(28)15-19/h4-15,24H,1-3H3,(H,29,33). The number of methoxy groups -OCH3 is 1. The molecule has 1 aliphatic heterocycles. The summed E-state index contributed by atoms with van der Waals surface area (Å²) in [5.74, 6) is 0.0698. The number of aromatic nitrogens is 2. The molecule has 176 valence electrons. The van der Waals surface area contributed by atoms with Crippen molar-refractivity contribution < 1.29 is 18.4 Å². The summed E-state index contributed by atoms with van der Waals surface area (Å²) in [6.07, 6.45) is 0. The fraction of sp³-hybridized carbons (Fsp3) is 0.148. The Morgan fingerprint density at radius 2 is 1.77 bits per heavy atom. The summed E-state index contributed by atoms with van der Waals surface area (Å²) in [6.45, 7) is 3.84. The topological polar surface area (TPSA) is 80.5 Å². The van der Waals surface area contributed by atoms with E-state index in [0.29, 0.717) is 22.5 Å². The molecule has 2 amide bonds. The zero-order valence-electron chi connectivity index (χ0n) is 19.4. The molecule has 7 nitrogen and oxygen atoms in total. The summed E-state index contributed by atoms with van der Waals surface area (Å²) >= 11 is 0. The molecule has 1 unspecified atom stereocenters. The Kier molecular flexibility index (Phi) is 5.78. The summed E-state index contributed by atoms with van der Waals surface area (Å²) in [5.41, 5.74) is 4.43. The molecule has 0 fully saturated rings. The van der Waals surface area contributed by atoms with E-state index in [1.807, 2.05) is 68.4 Å². The molecule has 8 heteroatoms. The van der Waals surface area contributed by atoms with Gasteiger partial charge in [-0.25, -0.2) is 9.18 Å². The maximum atomic E-state index is 14.3. The molecule has 1 aromatic heterocycles. The molecule has 0 radical (unpaired) electrons. The molecule has 1 aliphatic rings. The fourth-order valence-corrected chi connectivity index (χ4v) is 4.18. The van der Waals surface area contributed by atoms with Gasteiger partial charge < -0.3 is 14.6 Å². The van der Waals surface area contributed by atoms with Crippen LogP contribution in [0.3, 0.4) is 0 Å². The first kappa shape index (κ1) is 22.3. The lowest BCUT2D eigenvalue weighted by atomic mass is 9.94. The smallest absolute Gasteiger partial charge is 0.326 e. The van der Waals surface area contributed by atoms with Crippen LogP contribution in [0.2, 0.25) is 0 Å². The van der Waals surface area contributed by atoms with E-state index in [1.54, 1.807) is 11.0 Å². The lowest BCUT2D eigenvalue weighted by Gasteiger charge is -2.35. The van der Waals surface area contributed by atoms with Gasteiger partial charge in [-0.3, -0.25) is 4.90 Å². The monoisotopic (exact) mass is 470 g/mol. The summed E-state index contributed by atoms with van der Waals surface area (Å²) in [7, 11) is 1.40. The first-order chi connectivity index (χ1) is 17.0. The average Bonchev–Trinajstić information content (AvgIpc) is 3.35. The SMILES string of the molecule is COc1ccc(-c2noc(C3=C(C)N(c4ccc(C)cc4)C(=O)NC3c3ccccc3)n2)cc1F. The molecule has 0 bridgehead atoms. The first-order valence-electron chi connectivity index (χ1n) is 11.1. The van der Waals surface area contributed by atoms with E-state index in [0.717, 1.165) is 11.1 Å². The third-order valence-electron chi connectivity index (χ3n) is 5.98. The quantitative estimate of drug-likeness (QED) is 0.393. The van der Waals surface area contributed by atoms with Gasteiger partial charge in [0.05, 0.1) is 24.4 Å². The Hall–Kier alpha value is -4.46. The minimum Gasteiger partial charge on any atom is -0.494 e. The normalized spacial score (nSPS) is 15.8. The number of aryl methyl sites for hydroxylation is 1. The predicted molar refractivity (Wildman–Crippen MR) is 130 cm³/mol. The molecule has 0 aliphatic carbocycles. The van der Waals surface area contributed by atoms with E-state index in [-0.39, 0.29) is 23.5 Å². The van der Waals surface area contributed by atoms with Crippen LogP contribution in [-0.4, -0.2) is 23.3 Å². The number of halogens is 1. The van der Waals surface area contributed by atoms with Gasteiger partial charge in [0, 0.05) is 11.3 Å². The van der Waals surface area contributed by atoms with E-state index in [1.165, 1.54) is 19.2 Å². The summed E-state index contributed by atoms with van der Waals surface area (Å²) < 4.78 is 24.9. The Morgan fingerprint density at radius 3 is 2.46 bits per heavy atom. The Labute approximate surface area is 201 Å². The number of anilines is 1. The number of hydrogen-bond donors (Lipinski definition) is 1. The van der Waals surface area contributed by atoms with E-state index in [9.17, 15) is 9.18 Å². The third-order valence-corrected chi connectivity index (χ3v) is 5.98. The molecule has 5 rings (SSSR count). The predicted octanol–water partition coefficient (Wildman–Crippen LogP) is 5.89. The number of amides is 2. The average molecular weight is 471 g/mol. The van der Waals surface area contributed by atoms with Gasteiger partial charge in [0.2, 0.25) is 5.82 Å². The molecule has 1 atom stereocenters. The third kappa shape index (κ3) is 4.14. The van der Waals surface area contributed by atoms with Crippen molar-refractivity contribution in [2.24, 2.45) is 0 Å². The summed E-state index contributed by atoms with van der Waals surface area (Å²) in [5, 5.41) is 7.16. The lowest BCUT2D eigenvalue weighted by molar-refractivity contribution is 0.244. The van der Waals surface area contributed by atoms with E-state index in [4.69, 9.17) is 9.26 Å². The van der Waals surface area contributed by atoms with Gasteiger partial charge in [0.1, 0.15) is 0 Å². The van der Waals surface area contributed by atoms with E-state index in [2.05, 4.69) is 15.5 Å². The van der Waals surface area contributed by atoms with Crippen LogP contribution >= 0.6 is 0 Å². The van der Waals surface area contributed by atoms with Crippen molar-refractivity contribution in [2.45, 2.75) is 19.9 Å². The number of benzene rings is 3. The Morgan fingerprint density at radius 1 is 1.03 bits per heavy atom. The molecule has 3 aromatic carbocycles. The minimum absolute atomic E-state index is 0.129. The molecule has 1 N–H and O–H groups in total. The first-order valence-corrected chi connectivity index (χ1v) is 11.1. The van der Waals surface area contributed by atoms with Crippen molar-refractivity contribution in [3.8, 4) is 17.1 Å². The fourth-order valence-electron chi connectivity index (χ4n) is 4.18. The second-order valence-electron chi connectivity index (χ2n) is 8.24. The highest BCUT2D eigenvalue weighted by atomic mass is 19.1. The van der Waals surface area contributed by atoms with Crippen LogP contribution in [-0.2, 0) is 0 Å². The van der Waals surface area contributed by atoms with Crippen LogP contribution in [0.5, 0.6) is 5.75 Å². The second-order valence-corrected chi connectivity index (χ2v) is 8.24. The van der Waals surface area contributed by atoms with Crippen molar-refractivity contribution in [3.05, 3.63) is 101 Å². The highest BCUT2D eigenvalue weighted by Crippen LogP contribution is 2.39. The van der Waals surface area contributed by atoms with Gasteiger partial charge in [-0.05, 0) is 49.7 Å². The molecule has 0 spiro atoms. The van der Waals surface area contributed by atoms with Crippen molar-refractivity contribution in [1.82, 2.24) is 15.5 Å². The zero-order valence-corrected chi connectivity index (χ0v) is 19.4. The van der Waals surface area contributed by atoms with Crippen LogP contribution in [0, 0.1) is 12.7 Å². The van der Waals surface area contributed by atoms with Gasteiger partial charge in [-0.1, -0.05) is 53.2 Å². The minimum atomic E-state index is -0.524. The van der Waals surface area contributed by atoms with Gasteiger partial charge >= 0.3 is 6.03 Å². The molecule has 2 heterocycles. The van der Waals surface area contributed by atoms with E-state index >= 15 is 0 Å². The Bertz CT molecular complexity index is 1410. The molecule has 35 heavy (non-hydrogen) atoms. The number of urea groups is 1. The van der Waals surface area contributed by atoms with Crippen LogP contribution in [0.15, 0.2) is 83.0 Å². The maximum Gasteiger partial charge on any atom is 0.326 e. The largest absolute Gasteiger partial charge is 0.494 e. The number of rotatable bonds is 5. The van der Waals surface area contributed by atoms with Crippen molar-refractivity contribution >= 4 is 17.3 Å². The maximum absolute atomic E-state index is 14.3. The van der Waals surface area contributed by atoms with Crippen molar-refractivity contribution in [3.63, 3.8) is 0 Å². The molecule has 0 saturated heterocycles.